The van der Waals surface area contributed by atoms with Crippen molar-refractivity contribution < 1.29 is 14.6 Å². The third kappa shape index (κ3) is 2.89. The molecule has 0 radical (unpaired) electrons. The molecule has 16 heavy (non-hydrogen) atoms. The molecule has 1 rings (SSSR count). The molecule has 4 nitrogen and oxygen atoms in total. The molecular formula is C12H17NO3. The predicted octanol–water partition coefficient (Wildman–Crippen LogP) is 2.60. The molecule has 0 bridgehead atoms. The molecule has 0 fully saturated rings. The van der Waals surface area contributed by atoms with Crippen molar-refractivity contribution in [3.8, 4) is 5.75 Å². The fourth-order valence-electron chi connectivity index (χ4n) is 1.32. The van der Waals surface area contributed by atoms with E-state index in [0.717, 1.165) is 12.1 Å². The lowest BCUT2D eigenvalue weighted by Crippen LogP contribution is -2.14. The number of hydrogen-bond donors (Lipinski definition) is 2. The third-order valence-electron chi connectivity index (χ3n) is 2.46. The molecule has 0 saturated carbocycles. The van der Waals surface area contributed by atoms with E-state index < -0.39 is 5.97 Å². The van der Waals surface area contributed by atoms with Crippen LogP contribution in [0.25, 0.3) is 0 Å². The van der Waals surface area contributed by atoms with E-state index >= 15 is 0 Å². The minimum atomic E-state index is -0.935. The second-order valence-corrected chi connectivity index (χ2v) is 3.67. The van der Waals surface area contributed by atoms with Gasteiger partial charge in [-0.1, -0.05) is 6.92 Å². The maximum absolute atomic E-state index is 10.8. The van der Waals surface area contributed by atoms with Gasteiger partial charge in [0, 0.05) is 6.04 Å². The maximum atomic E-state index is 10.8. The first-order valence-corrected chi connectivity index (χ1v) is 5.26. The zero-order valence-corrected chi connectivity index (χ0v) is 9.78. The molecule has 0 amide bonds. The fraction of sp³-hybridized carbons (Fsp3) is 0.417. The average Bonchev–Trinajstić information content (AvgIpc) is 2.28. The summed E-state index contributed by atoms with van der Waals surface area (Å²) >= 11 is 0. The molecule has 0 aliphatic rings. The van der Waals surface area contributed by atoms with Crippen LogP contribution in [0.3, 0.4) is 0 Å². The van der Waals surface area contributed by atoms with Gasteiger partial charge in [-0.05, 0) is 31.5 Å². The number of ether oxygens (including phenoxy) is 1. The maximum Gasteiger partial charge on any atom is 0.335 e. The fourth-order valence-corrected chi connectivity index (χ4v) is 1.32. The van der Waals surface area contributed by atoms with Gasteiger partial charge in [0.1, 0.15) is 5.75 Å². The predicted molar refractivity (Wildman–Crippen MR) is 63.3 cm³/mol. The summed E-state index contributed by atoms with van der Waals surface area (Å²) in [7, 11) is 1.57. The smallest absolute Gasteiger partial charge is 0.335 e. The van der Waals surface area contributed by atoms with Crippen molar-refractivity contribution in [1.29, 1.82) is 0 Å². The summed E-state index contributed by atoms with van der Waals surface area (Å²) in [5.74, 6) is -0.278. The first-order chi connectivity index (χ1) is 7.58. The van der Waals surface area contributed by atoms with Gasteiger partial charge in [0.15, 0.2) is 0 Å². The van der Waals surface area contributed by atoms with Crippen molar-refractivity contribution in [3.63, 3.8) is 0 Å². The van der Waals surface area contributed by atoms with Crippen LogP contribution in [0, 0.1) is 0 Å². The molecule has 0 aliphatic carbocycles. The molecule has 2 N–H and O–H groups in total. The Balaban J connectivity index is 3.02. The normalized spacial score (nSPS) is 11.9. The summed E-state index contributed by atoms with van der Waals surface area (Å²) in [5.41, 5.74) is 0.975. The van der Waals surface area contributed by atoms with Crippen molar-refractivity contribution >= 4 is 11.7 Å². The molecule has 1 atom stereocenters. The summed E-state index contributed by atoms with van der Waals surface area (Å²) in [6.07, 6.45) is 0.959. The van der Waals surface area contributed by atoms with Crippen LogP contribution in [0.5, 0.6) is 5.75 Å². The van der Waals surface area contributed by atoms with Crippen LogP contribution < -0.4 is 10.1 Å². The monoisotopic (exact) mass is 223 g/mol. The van der Waals surface area contributed by atoms with Gasteiger partial charge in [-0.2, -0.15) is 0 Å². The van der Waals surface area contributed by atoms with Gasteiger partial charge in [-0.3, -0.25) is 0 Å². The Hall–Kier alpha value is -1.71. The van der Waals surface area contributed by atoms with E-state index in [1.807, 2.05) is 6.92 Å². The average molecular weight is 223 g/mol. The Bertz CT molecular complexity index is 377. The number of carboxylic acids is 1. The topological polar surface area (TPSA) is 58.6 Å². The van der Waals surface area contributed by atoms with E-state index in [4.69, 9.17) is 9.84 Å². The van der Waals surface area contributed by atoms with Gasteiger partial charge in [0.05, 0.1) is 18.4 Å². The number of methoxy groups -OCH3 is 1. The van der Waals surface area contributed by atoms with Gasteiger partial charge in [-0.15, -0.1) is 0 Å². The standard InChI is InChI=1S/C12H17NO3/c1-4-8(2)13-10-7-9(12(14)15)5-6-11(10)16-3/h5-8,13H,4H2,1-3H3,(H,14,15). The van der Waals surface area contributed by atoms with E-state index in [0.29, 0.717) is 5.75 Å². The largest absolute Gasteiger partial charge is 0.495 e. The molecule has 0 saturated heterocycles. The zero-order chi connectivity index (χ0) is 12.1. The third-order valence-corrected chi connectivity index (χ3v) is 2.46. The molecule has 1 aromatic carbocycles. The number of hydrogen-bond acceptors (Lipinski definition) is 3. The lowest BCUT2D eigenvalue weighted by atomic mass is 10.1. The zero-order valence-electron chi connectivity index (χ0n) is 9.78. The van der Waals surface area contributed by atoms with Gasteiger partial charge in [0.25, 0.3) is 0 Å². The highest BCUT2D eigenvalue weighted by Gasteiger charge is 2.10. The molecule has 4 heteroatoms. The quantitative estimate of drug-likeness (QED) is 0.805. The van der Waals surface area contributed by atoms with E-state index in [9.17, 15) is 4.79 Å². The summed E-state index contributed by atoms with van der Waals surface area (Å²) in [5, 5.41) is 12.1. The van der Waals surface area contributed by atoms with E-state index in [1.54, 1.807) is 19.2 Å². The molecule has 0 spiro atoms. The second kappa shape index (κ2) is 5.39. The molecule has 0 aliphatic heterocycles. The summed E-state index contributed by atoms with van der Waals surface area (Å²) < 4.78 is 5.17. The van der Waals surface area contributed by atoms with Crippen molar-refractivity contribution in [2.75, 3.05) is 12.4 Å². The Morgan fingerprint density at radius 1 is 1.56 bits per heavy atom. The van der Waals surface area contributed by atoms with Crippen LogP contribution in [0.2, 0.25) is 0 Å². The van der Waals surface area contributed by atoms with Crippen LogP contribution in [0.1, 0.15) is 30.6 Å². The highest BCUT2D eigenvalue weighted by atomic mass is 16.5. The van der Waals surface area contributed by atoms with Crippen molar-refractivity contribution in [3.05, 3.63) is 23.8 Å². The minimum Gasteiger partial charge on any atom is -0.495 e. The van der Waals surface area contributed by atoms with Gasteiger partial charge in [0.2, 0.25) is 0 Å². The summed E-state index contributed by atoms with van der Waals surface area (Å²) in [6, 6.07) is 5.06. The molecule has 0 heterocycles. The minimum absolute atomic E-state index is 0.256. The second-order valence-electron chi connectivity index (χ2n) is 3.67. The molecule has 1 aromatic rings. The van der Waals surface area contributed by atoms with Crippen molar-refractivity contribution in [2.24, 2.45) is 0 Å². The van der Waals surface area contributed by atoms with E-state index in [1.165, 1.54) is 6.07 Å². The van der Waals surface area contributed by atoms with Crippen LogP contribution in [0.4, 0.5) is 5.69 Å². The number of rotatable bonds is 5. The first kappa shape index (κ1) is 12.4. The number of anilines is 1. The van der Waals surface area contributed by atoms with Gasteiger partial charge < -0.3 is 15.2 Å². The molecular weight excluding hydrogens is 206 g/mol. The van der Waals surface area contributed by atoms with Crippen molar-refractivity contribution in [1.82, 2.24) is 0 Å². The highest BCUT2D eigenvalue weighted by molar-refractivity contribution is 5.89. The van der Waals surface area contributed by atoms with Gasteiger partial charge >= 0.3 is 5.97 Å². The number of carbonyl (C=O) groups is 1. The number of aromatic carboxylic acids is 1. The summed E-state index contributed by atoms with van der Waals surface area (Å²) in [6.45, 7) is 4.10. The van der Waals surface area contributed by atoms with Gasteiger partial charge in [-0.25, -0.2) is 4.79 Å². The van der Waals surface area contributed by atoms with Crippen LogP contribution in [0.15, 0.2) is 18.2 Å². The Labute approximate surface area is 95.2 Å². The lowest BCUT2D eigenvalue weighted by molar-refractivity contribution is 0.0697. The number of nitrogens with one attached hydrogen (secondary N) is 1. The SMILES string of the molecule is CCC(C)Nc1cc(C(=O)O)ccc1OC. The summed E-state index contributed by atoms with van der Waals surface area (Å²) in [4.78, 5) is 10.8. The highest BCUT2D eigenvalue weighted by Crippen LogP contribution is 2.26. The first-order valence-electron chi connectivity index (χ1n) is 5.26. The Morgan fingerprint density at radius 3 is 2.75 bits per heavy atom. The Morgan fingerprint density at radius 2 is 2.25 bits per heavy atom. The van der Waals surface area contributed by atoms with Crippen LogP contribution in [-0.4, -0.2) is 24.2 Å². The van der Waals surface area contributed by atoms with Crippen LogP contribution in [-0.2, 0) is 0 Å². The number of benzene rings is 1. The van der Waals surface area contributed by atoms with Crippen LogP contribution >= 0.6 is 0 Å². The molecule has 0 aromatic heterocycles. The number of carboxylic acid groups (broad SMARTS) is 1. The Kier molecular flexibility index (Phi) is 4.17. The van der Waals surface area contributed by atoms with E-state index in [-0.39, 0.29) is 11.6 Å². The molecule has 88 valence electrons. The van der Waals surface area contributed by atoms with E-state index in [2.05, 4.69) is 12.2 Å². The van der Waals surface area contributed by atoms with Crippen molar-refractivity contribution in [2.45, 2.75) is 26.3 Å². The lowest BCUT2D eigenvalue weighted by Gasteiger charge is -2.16. The molecule has 1 unspecified atom stereocenters.